The Balaban J connectivity index is 2.28. The van der Waals surface area contributed by atoms with Crippen molar-refractivity contribution in [3.05, 3.63) is 32.6 Å². The lowest BCUT2D eigenvalue weighted by atomic mass is 10.3. The summed E-state index contributed by atoms with van der Waals surface area (Å²) >= 11 is 7.24. The van der Waals surface area contributed by atoms with Crippen LogP contribution in [0.5, 0.6) is 0 Å². The van der Waals surface area contributed by atoms with E-state index in [0.29, 0.717) is 16.4 Å². The number of nitrogens with one attached hydrogen (secondary N) is 2. The zero-order valence-electron chi connectivity index (χ0n) is 12.0. The zero-order chi connectivity index (χ0) is 15.6. The molecule has 0 amide bonds. The molecule has 0 fully saturated rings. The molecule has 0 aliphatic rings. The van der Waals surface area contributed by atoms with Crippen LogP contribution in [-0.4, -0.2) is 37.0 Å². The highest BCUT2D eigenvalue weighted by molar-refractivity contribution is 7.89. The van der Waals surface area contributed by atoms with Crippen molar-refractivity contribution in [2.45, 2.75) is 25.0 Å². The summed E-state index contributed by atoms with van der Waals surface area (Å²) in [6.45, 7) is 2.51. The van der Waals surface area contributed by atoms with E-state index < -0.39 is 10.0 Å². The summed E-state index contributed by atoms with van der Waals surface area (Å²) in [5, 5.41) is 9.72. The van der Waals surface area contributed by atoms with E-state index in [1.54, 1.807) is 20.0 Å². The van der Waals surface area contributed by atoms with Gasteiger partial charge in [-0.05, 0) is 26.1 Å². The standard InChI is InChI=1S/C12H17ClN4O2S2/c1-8-10(6-14-2)12(16-15-8)21(18,19)17(3)7-9-4-5-11(13)20-9/h4-5,14H,6-7H2,1-3H3,(H,15,16). The highest BCUT2D eigenvalue weighted by atomic mass is 35.5. The van der Waals surface area contributed by atoms with Crippen molar-refractivity contribution >= 4 is 33.0 Å². The molecule has 9 heteroatoms. The molecule has 0 spiro atoms. The SMILES string of the molecule is CNCc1c(S(=O)(=O)N(C)Cc2ccc(Cl)s2)n[nH]c1C. The predicted molar refractivity (Wildman–Crippen MR) is 84.1 cm³/mol. The van der Waals surface area contributed by atoms with Gasteiger partial charge < -0.3 is 5.32 Å². The van der Waals surface area contributed by atoms with Crippen molar-refractivity contribution in [2.24, 2.45) is 0 Å². The van der Waals surface area contributed by atoms with Crippen molar-refractivity contribution < 1.29 is 8.42 Å². The molecule has 116 valence electrons. The van der Waals surface area contributed by atoms with Crippen molar-refractivity contribution in [1.82, 2.24) is 19.8 Å². The molecule has 0 aliphatic carbocycles. The topological polar surface area (TPSA) is 78.1 Å². The largest absolute Gasteiger partial charge is 0.316 e. The molecule has 0 saturated heterocycles. The van der Waals surface area contributed by atoms with Crippen molar-refractivity contribution in [3.8, 4) is 0 Å². The highest BCUT2D eigenvalue weighted by Crippen LogP contribution is 2.25. The third-order valence-electron chi connectivity index (χ3n) is 3.05. The molecule has 0 aliphatic heterocycles. The van der Waals surface area contributed by atoms with Crippen LogP contribution in [-0.2, 0) is 23.1 Å². The van der Waals surface area contributed by atoms with Crippen molar-refractivity contribution in [3.63, 3.8) is 0 Å². The molecule has 2 N–H and O–H groups in total. The fraction of sp³-hybridized carbons (Fsp3) is 0.417. The van der Waals surface area contributed by atoms with Crippen LogP contribution in [0.1, 0.15) is 16.1 Å². The van der Waals surface area contributed by atoms with Gasteiger partial charge in [0.05, 0.1) is 4.34 Å². The first-order valence-electron chi connectivity index (χ1n) is 6.25. The number of aromatic nitrogens is 2. The van der Waals surface area contributed by atoms with Gasteiger partial charge in [0.25, 0.3) is 10.0 Å². The second kappa shape index (κ2) is 6.45. The van der Waals surface area contributed by atoms with Gasteiger partial charge in [-0.3, -0.25) is 5.10 Å². The summed E-state index contributed by atoms with van der Waals surface area (Å²) < 4.78 is 27.2. The molecular weight excluding hydrogens is 332 g/mol. The number of nitrogens with zero attached hydrogens (tertiary/aromatic N) is 2. The smallest absolute Gasteiger partial charge is 0.262 e. The van der Waals surface area contributed by atoms with Crippen molar-refractivity contribution in [1.29, 1.82) is 0 Å². The monoisotopic (exact) mass is 348 g/mol. The number of aromatic amines is 1. The minimum atomic E-state index is -3.65. The lowest BCUT2D eigenvalue weighted by Crippen LogP contribution is -2.27. The molecule has 0 bridgehead atoms. The van der Waals surface area contributed by atoms with Gasteiger partial charge in [0, 0.05) is 36.3 Å². The first-order valence-corrected chi connectivity index (χ1v) is 8.88. The fourth-order valence-corrected chi connectivity index (χ4v) is 4.44. The van der Waals surface area contributed by atoms with Gasteiger partial charge in [0.15, 0.2) is 5.03 Å². The Morgan fingerprint density at radius 3 is 2.76 bits per heavy atom. The van der Waals surface area contributed by atoms with Crippen LogP contribution in [0.2, 0.25) is 4.34 Å². The summed E-state index contributed by atoms with van der Waals surface area (Å²) in [5.41, 5.74) is 1.41. The van der Waals surface area contributed by atoms with Gasteiger partial charge in [-0.25, -0.2) is 8.42 Å². The molecular formula is C12H17ClN4O2S2. The van der Waals surface area contributed by atoms with Crippen LogP contribution < -0.4 is 5.32 Å². The Kier molecular flexibility index (Phi) is 5.05. The van der Waals surface area contributed by atoms with E-state index in [-0.39, 0.29) is 11.6 Å². The third kappa shape index (κ3) is 3.46. The van der Waals surface area contributed by atoms with Gasteiger partial charge in [-0.15, -0.1) is 11.3 Å². The van der Waals surface area contributed by atoms with Gasteiger partial charge in [-0.2, -0.15) is 9.40 Å². The fourth-order valence-electron chi connectivity index (χ4n) is 1.92. The first-order chi connectivity index (χ1) is 9.86. The Bertz CT molecular complexity index is 723. The van der Waals surface area contributed by atoms with Crippen LogP contribution in [0.3, 0.4) is 0 Å². The maximum atomic E-state index is 12.6. The van der Waals surface area contributed by atoms with E-state index in [2.05, 4.69) is 15.5 Å². The second-order valence-electron chi connectivity index (χ2n) is 4.63. The van der Waals surface area contributed by atoms with Crippen LogP contribution in [0.25, 0.3) is 0 Å². The normalized spacial score (nSPS) is 12.2. The lowest BCUT2D eigenvalue weighted by Gasteiger charge is -2.15. The van der Waals surface area contributed by atoms with Crippen LogP contribution in [0.4, 0.5) is 0 Å². The quantitative estimate of drug-likeness (QED) is 0.836. The average Bonchev–Trinajstić information content (AvgIpc) is 2.98. The van der Waals surface area contributed by atoms with Crippen LogP contribution in [0.15, 0.2) is 17.2 Å². The maximum absolute atomic E-state index is 12.6. The van der Waals surface area contributed by atoms with Gasteiger partial charge >= 0.3 is 0 Å². The molecule has 0 radical (unpaired) electrons. The lowest BCUT2D eigenvalue weighted by molar-refractivity contribution is 0.465. The number of sulfonamides is 1. The second-order valence-corrected chi connectivity index (χ2v) is 8.39. The summed E-state index contributed by atoms with van der Waals surface area (Å²) in [7, 11) is -0.343. The predicted octanol–water partition coefficient (Wildman–Crippen LogP) is 1.97. The molecule has 2 aromatic heterocycles. The van der Waals surface area contributed by atoms with Crippen LogP contribution in [0, 0.1) is 6.92 Å². The van der Waals surface area contributed by atoms with Gasteiger partial charge in [-0.1, -0.05) is 11.6 Å². The molecule has 6 nitrogen and oxygen atoms in total. The Hall–Kier alpha value is -0.930. The number of thiophene rings is 1. The Morgan fingerprint density at radius 2 is 2.19 bits per heavy atom. The minimum absolute atomic E-state index is 0.0690. The number of halogens is 1. The summed E-state index contributed by atoms with van der Waals surface area (Å²) in [5.74, 6) is 0. The highest BCUT2D eigenvalue weighted by Gasteiger charge is 2.28. The van der Waals surface area contributed by atoms with E-state index in [1.807, 2.05) is 6.07 Å². The molecule has 0 atom stereocenters. The third-order valence-corrected chi connectivity index (χ3v) is 6.04. The number of hydrogen-bond acceptors (Lipinski definition) is 5. The molecule has 2 rings (SSSR count). The minimum Gasteiger partial charge on any atom is -0.316 e. The van der Waals surface area contributed by atoms with Crippen LogP contribution >= 0.6 is 22.9 Å². The number of hydrogen-bond donors (Lipinski definition) is 2. The number of rotatable bonds is 6. The van der Waals surface area contributed by atoms with Crippen molar-refractivity contribution in [2.75, 3.05) is 14.1 Å². The zero-order valence-corrected chi connectivity index (χ0v) is 14.4. The first kappa shape index (κ1) is 16.4. The Morgan fingerprint density at radius 1 is 1.48 bits per heavy atom. The molecule has 0 saturated carbocycles. The maximum Gasteiger partial charge on any atom is 0.262 e. The molecule has 2 aromatic rings. The van der Waals surface area contributed by atoms with E-state index in [4.69, 9.17) is 11.6 Å². The molecule has 0 aromatic carbocycles. The number of H-pyrrole nitrogens is 1. The summed E-state index contributed by atoms with van der Waals surface area (Å²) in [4.78, 5) is 0.883. The average molecular weight is 349 g/mol. The van der Waals surface area contributed by atoms with E-state index in [9.17, 15) is 8.42 Å². The Labute approximate surface area is 133 Å². The molecule has 2 heterocycles. The van der Waals surface area contributed by atoms with E-state index >= 15 is 0 Å². The number of aryl methyl sites for hydroxylation is 1. The van der Waals surface area contributed by atoms with Gasteiger partial charge in [0.2, 0.25) is 0 Å². The summed E-state index contributed by atoms with van der Waals surface area (Å²) in [6.07, 6.45) is 0. The molecule has 21 heavy (non-hydrogen) atoms. The van der Waals surface area contributed by atoms with E-state index in [0.717, 1.165) is 10.6 Å². The van der Waals surface area contributed by atoms with E-state index in [1.165, 1.54) is 22.7 Å². The summed E-state index contributed by atoms with van der Waals surface area (Å²) in [6, 6.07) is 3.58. The molecule has 0 unspecified atom stereocenters. The van der Waals surface area contributed by atoms with Gasteiger partial charge in [0.1, 0.15) is 0 Å².